The molecule has 0 amide bonds. The zero-order valence-electron chi connectivity index (χ0n) is 18.8. The predicted octanol–water partition coefficient (Wildman–Crippen LogP) is 4.82. The highest BCUT2D eigenvalue weighted by atomic mass is 32.2. The molecule has 0 bridgehead atoms. The van der Waals surface area contributed by atoms with E-state index in [9.17, 15) is 56.5 Å². The van der Waals surface area contributed by atoms with Gasteiger partial charge in [0, 0.05) is 13.1 Å². The molecule has 1 aromatic rings. The van der Waals surface area contributed by atoms with Crippen molar-refractivity contribution < 1.29 is 56.5 Å². The molecule has 0 aromatic heterocycles. The lowest BCUT2D eigenvalue weighted by molar-refractivity contribution is -0.327. The molecule has 0 N–H and O–H groups in total. The van der Waals surface area contributed by atoms with Crippen LogP contribution < -0.4 is 0 Å². The van der Waals surface area contributed by atoms with Crippen LogP contribution in [0, 0.1) is 5.92 Å². The lowest BCUT2D eigenvalue weighted by Gasteiger charge is -2.38. The minimum Gasteiger partial charge on any atom is -0.743 e. The van der Waals surface area contributed by atoms with Gasteiger partial charge in [-0.15, -0.1) is 0 Å². The minimum atomic E-state index is -7.60. The zero-order valence-corrected chi connectivity index (χ0v) is 20.4. The molecule has 0 spiro atoms. The number of sulfonamides is 1. The topological polar surface area (TPSA) is 94.6 Å². The Morgan fingerprint density at radius 1 is 0.771 bits per heavy atom. The van der Waals surface area contributed by atoms with E-state index < -0.39 is 55.6 Å². The standard InChI is InChI=1S/C19H25F8NO5S2/c1-4-13(5-2)11-14-7-9-15(10-8-14)12-28(6-3)34(29,30)18(24,25)16(20,21)17(22,23)19(26,27)35(31,32)33/h7-10,13H,4-6,11-12H2,1-3H3,(H,31,32,33)/p-1. The number of hydrogen-bond acceptors (Lipinski definition) is 5. The predicted molar refractivity (Wildman–Crippen MR) is 109 cm³/mol. The number of nitrogens with zero attached hydrogens (tertiary/aromatic N) is 1. The van der Waals surface area contributed by atoms with E-state index in [4.69, 9.17) is 0 Å². The van der Waals surface area contributed by atoms with E-state index in [2.05, 4.69) is 0 Å². The molecule has 0 unspecified atom stereocenters. The summed E-state index contributed by atoms with van der Waals surface area (Å²) < 4.78 is 166. The molecule has 0 fully saturated rings. The molecular weight excluding hydrogens is 538 g/mol. The fourth-order valence-electron chi connectivity index (χ4n) is 3.11. The first kappa shape index (κ1) is 31.5. The normalized spacial score (nSPS) is 14.7. The minimum absolute atomic E-state index is 0.0120. The number of halogens is 8. The first-order valence-corrected chi connectivity index (χ1v) is 13.0. The van der Waals surface area contributed by atoms with Crippen molar-refractivity contribution in [1.82, 2.24) is 4.31 Å². The lowest BCUT2D eigenvalue weighted by Crippen LogP contribution is -2.67. The maximum absolute atomic E-state index is 14.3. The summed E-state index contributed by atoms with van der Waals surface area (Å²) in [6, 6.07) is 5.63. The van der Waals surface area contributed by atoms with Gasteiger partial charge in [0.25, 0.3) is 10.0 Å². The molecule has 6 nitrogen and oxygen atoms in total. The highest BCUT2D eigenvalue weighted by Gasteiger charge is 2.86. The van der Waals surface area contributed by atoms with Gasteiger partial charge in [-0.2, -0.15) is 39.4 Å². The van der Waals surface area contributed by atoms with E-state index in [0.29, 0.717) is 12.3 Å². The van der Waals surface area contributed by atoms with Gasteiger partial charge in [-0.25, -0.2) is 16.8 Å². The Labute approximate surface area is 198 Å². The Morgan fingerprint density at radius 3 is 1.54 bits per heavy atom. The van der Waals surface area contributed by atoms with E-state index in [0.717, 1.165) is 25.3 Å². The summed E-state index contributed by atoms with van der Waals surface area (Å²) in [7, 11) is -14.4. The van der Waals surface area contributed by atoms with Gasteiger partial charge >= 0.3 is 22.4 Å². The lowest BCUT2D eigenvalue weighted by atomic mass is 9.94. The van der Waals surface area contributed by atoms with Crippen LogP contribution in [0.15, 0.2) is 24.3 Å². The van der Waals surface area contributed by atoms with Gasteiger partial charge in [-0.05, 0) is 23.5 Å². The van der Waals surface area contributed by atoms with Gasteiger partial charge in [-0.1, -0.05) is 57.9 Å². The summed E-state index contributed by atoms with van der Waals surface area (Å²) >= 11 is 0. The molecule has 0 saturated carbocycles. The summed E-state index contributed by atoms with van der Waals surface area (Å²) in [5.41, 5.74) is 0.785. The molecule has 16 heteroatoms. The van der Waals surface area contributed by atoms with Crippen LogP contribution in [-0.2, 0) is 33.1 Å². The highest BCUT2D eigenvalue weighted by molar-refractivity contribution is 7.90. The van der Waals surface area contributed by atoms with Crippen molar-refractivity contribution in [1.29, 1.82) is 0 Å². The van der Waals surface area contributed by atoms with Crippen molar-refractivity contribution in [3.05, 3.63) is 35.4 Å². The van der Waals surface area contributed by atoms with Crippen molar-refractivity contribution in [2.75, 3.05) is 6.54 Å². The molecular formula is C19H24F8NO5S2-. The third-order valence-electron chi connectivity index (χ3n) is 5.52. The molecule has 1 rings (SSSR count). The Bertz CT molecular complexity index is 1070. The summed E-state index contributed by atoms with van der Waals surface area (Å²) in [6.07, 6.45) is 2.36. The van der Waals surface area contributed by atoms with Crippen LogP contribution >= 0.6 is 0 Å². The van der Waals surface area contributed by atoms with Crippen molar-refractivity contribution in [3.63, 3.8) is 0 Å². The monoisotopic (exact) mass is 562 g/mol. The molecule has 204 valence electrons. The summed E-state index contributed by atoms with van der Waals surface area (Å²) in [6.45, 7) is 2.84. The number of hydrogen-bond donors (Lipinski definition) is 0. The van der Waals surface area contributed by atoms with Crippen LogP contribution in [0.3, 0.4) is 0 Å². The molecule has 0 aliphatic carbocycles. The summed E-state index contributed by atoms with van der Waals surface area (Å²) in [5.74, 6) is -14.7. The maximum Gasteiger partial charge on any atom is 0.427 e. The van der Waals surface area contributed by atoms with Gasteiger partial charge in [-0.3, -0.25) is 0 Å². The number of alkyl halides is 8. The molecule has 35 heavy (non-hydrogen) atoms. The number of rotatable bonds is 13. The van der Waals surface area contributed by atoms with E-state index in [1.54, 1.807) is 0 Å². The van der Waals surface area contributed by atoms with Crippen molar-refractivity contribution >= 4 is 20.1 Å². The van der Waals surface area contributed by atoms with E-state index in [-0.39, 0.29) is 9.87 Å². The van der Waals surface area contributed by atoms with Crippen molar-refractivity contribution in [2.45, 2.75) is 68.9 Å². The molecule has 0 radical (unpaired) electrons. The van der Waals surface area contributed by atoms with E-state index in [1.165, 1.54) is 24.3 Å². The Hall–Kier alpha value is -1.52. The van der Waals surface area contributed by atoms with Crippen LogP contribution in [0.2, 0.25) is 0 Å². The molecule has 0 atom stereocenters. The summed E-state index contributed by atoms with van der Waals surface area (Å²) in [5, 5.41) is -14.2. The average molecular weight is 563 g/mol. The second kappa shape index (κ2) is 10.5. The average Bonchev–Trinajstić information content (AvgIpc) is 2.75. The second-order valence-electron chi connectivity index (χ2n) is 7.77. The van der Waals surface area contributed by atoms with E-state index >= 15 is 0 Å². The third-order valence-corrected chi connectivity index (χ3v) is 8.37. The van der Waals surface area contributed by atoms with Gasteiger partial charge in [0.15, 0.2) is 10.1 Å². The van der Waals surface area contributed by atoms with Crippen LogP contribution in [-0.4, -0.2) is 54.6 Å². The molecule has 0 aliphatic heterocycles. The van der Waals surface area contributed by atoms with Gasteiger partial charge in [0.2, 0.25) is 0 Å². The van der Waals surface area contributed by atoms with E-state index in [1.807, 2.05) is 13.8 Å². The van der Waals surface area contributed by atoms with Crippen molar-refractivity contribution in [3.8, 4) is 0 Å². The SMILES string of the molecule is CCC(CC)Cc1ccc(CN(CC)S(=O)(=O)C(F)(F)C(F)(F)C(F)(F)C(F)(F)S(=O)(=O)[O-])cc1. The van der Waals surface area contributed by atoms with Gasteiger partial charge in [0.1, 0.15) is 0 Å². The largest absolute Gasteiger partial charge is 0.743 e. The first-order chi connectivity index (χ1) is 15.7. The molecule has 0 heterocycles. The Morgan fingerprint density at radius 2 is 1.17 bits per heavy atom. The molecule has 1 aromatic carbocycles. The molecule has 0 aliphatic rings. The van der Waals surface area contributed by atoms with Crippen LogP contribution in [0.5, 0.6) is 0 Å². The first-order valence-electron chi connectivity index (χ1n) is 10.2. The molecule has 0 saturated heterocycles. The van der Waals surface area contributed by atoms with Crippen molar-refractivity contribution in [2.24, 2.45) is 5.92 Å². The highest BCUT2D eigenvalue weighted by Crippen LogP contribution is 2.56. The second-order valence-corrected chi connectivity index (χ2v) is 11.2. The van der Waals surface area contributed by atoms with Gasteiger partial charge in [0.05, 0.1) is 0 Å². The Balaban J connectivity index is 3.36. The fourth-order valence-corrected chi connectivity index (χ4v) is 4.99. The Kier molecular flexibility index (Phi) is 9.41. The quantitative estimate of drug-likeness (QED) is 0.254. The zero-order chi connectivity index (χ0) is 27.7. The number of benzene rings is 1. The summed E-state index contributed by atoms with van der Waals surface area (Å²) in [4.78, 5) is 0. The van der Waals surface area contributed by atoms with Crippen LogP contribution in [0.25, 0.3) is 0 Å². The fraction of sp³-hybridized carbons (Fsp3) is 0.684. The smallest absolute Gasteiger partial charge is 0.427 e. The third kappa shape index (κ3) is 5.59. The maximum atomic E-state index is 14.3. The van der Waals surface area contributed by atoms with Crippen LogP contribution in [0.4, 0.5) is 35.1 Å². The van der Waals surface area contributed by atoms with Gasteiger partial charge < -0.3 is 4.55 Å². The van der Waals surface area contributed by atoms with Crippen LogP contribution in [0.1, 0.15) is 44.7 Å².